The Morgan fingerprint density at radius 3 is 3.00 bits per heavy atom. The first-order valence-corrected chi connectivity index (χ1v) is 6.80. The van der Waals surface area contributed by atoms with E-state index >= 15 is 0 Å². The molecule has 106 valence electrons. The molecule has 1 aliphatic heterocycles. The molecule has 0 amide bonds. The second kappa shape index (κ2) is 5.54. The molecule has 3 rings (SSSR count). The van der Waals surface area contributed by atoms with Crippen molar-refractivity contribution >= 4 is 0 Å². The van der Waals surface area contributed by atoms with Crippen LogP contribution in [0.15, 0.2) is 30.3 Å². The molecule has 1 aliphatic rings. The summed E-state index contributed by atoms with van der Waals surface area (Å²) in [6.45, 7) is 3.94. The summed E-state index contributed by atoms with van der Waals surface area (Å²) in [5, 5.41) is 7.83. The second-order valence-electron chi connectivity index (χ2n) is 5.01. The monoisotopic (exact) mass is 273 g/mol. The lowest BCUT2D eigenvalue weighted by molar-refractivity contribution is 0.196. The van der Waals surface area contributed by atoms with E-state index in [-0.39, 0.29) is 6.04 Å². The summed E-state index contributed by atoms with van der Waals surface area (Å²) in [5.41, 5.74) is 2.15. The summed E-state index contributed by atoms with van der Waals surface area (Å²) in [6.07, 6.45) is 0. The molecule has 0 bridgehead atoms. The van der Waals surface area contributed by atoms with Gasteiger partial charge in [-0.1, -0.05) is 18.2 Å². The first-order chi connectivity index (χ1) is 9.74. The van der Waals surface area contributed by atoms with Crippen LogP contribution in [0.25, 0.3) is 0 Å². The number of benzene rings is 1. The SMILES string of the molecule is Cc1nn(C)c2c1CNC(COc1ccccc1)CO2. The van der Waals surface area contributed by atoms with Crippen LogP contribution in [0, 0.1) is 6.92 Å². The third kappa shape index (κ3) is 2.63. The molecule has 1 aromatic carbocycles. The number of aromatic nitrogens is 2. The van der Waals surface area contributed by atoms with Crippen LogP contribution < -0.4 is 14.8 Å². The van der Waals surface area contributed by atoms with Crippen molar-refractivity contribution in [2.45, 2.75) is 19.5 Å². The smallest absolute Gasteiger partial charge is 0.216 e. The molecule has 5 nitrogen and oxygen atoms in total. The van der Waals surface area contributed by atoms with Gasteiger partial charge >= 0.3 is 0 Å². The largest absolute Gasteiger partial charge is 0.492 e. The lowest BCUT2D eigenvalue weighted by atomic mass is 10.2. The Kier molecular flexibility index (Phi) is 3.60. The van der Waals surface area contributed by atoms with Gasteiger partial charge in [0.25, 0.3) is 0 Å². The zero-order valence-corrected chi connectivity index (χ0v) is 11.8. The van der Waals surface area contributed by atoms with Crippen molar-refractivity contribution in [1.29, 1.82) is 0 Å². The number of nitrogens with zero attached hydrogens (tertiary/aromatic N) is 2. The highest BCUT2D eigenvalue weighted by atomic mass is 16.5. The molecule has 2 aromatic rings. The molecular weight excluding hydrogens is 254 g/mol. The first kappa shape index (κ1) is 13.0. The first-order valence-electron chi connectivity index (χ1n) is 6.80. The molecule has 1 aromatic heterocycles. The van der Waals surface area contributed by atoms with Crippen molar-refractivity contribution in [2.75, 3.05) is 13.2 Å². The molecule has 2 heterocycles. The molecule has 0 spiro atoms. The Balaban J connectivity index is 1.61. The fourth-order valence-electron chi connectivity index (χ4n) is 2.37. The molecule has 0 saturated heterocycles. The summed E-state index contributed by atoms with van der Waals surface area (Å²) in [7, 11) is 1.91. The maximum absolute atomic E-state index is 5.86. The van der Waals surface area contributed by atoms with E-state index < -0.39 is 0 Å². The Hall–Kier alpha value is -2.01. The molecule has 20 heavy (non-hydrogen) atoms. The molecule has 0 saturated carbocycles. The Bertz CT molecular complexity index is 552. The van der Waals surface area contributed by atoms with Crippen LogP contribution in [-0.2, 0) is 13.6 Å². The fraction of sp³-hybridized carbons (Fsp3) is 0.400. The second-order valence-corrected chi connectivity index (χ2v) is 5.01. The topological polar surface area (TPSA) is 48.3 Å². The van der Waals surface area contributed by atoms with E-state index in [0.29, 0.717) is 13.2 Å². The number of hydrogen-bond acceptors (Lipinski definition) is 4. The summed E-state index contributed by atoms with van der Waals surface area (Å²) in [6, 6.07) is 10.0. The van der Waals surface area contributed by atoms with Crippen molar-refractivity contribution in [3.05, 3.63) is 41.6 Å². The molecular formula is C15H19N3O2. The van der Waals surface area contributed by atoms with E-state index in [2.05, 4.69) is 10.4 Å². The number of aryl methyl sites for hydroxylation is 2. The van der Waals surface area contributed by atoms with Crippen LogP contribution in [0.1, 0.15) is 11.3 Å². The van der Waals surface area contributed by atoms with Gasteiger partial charge in [0, 0.05) is 13.6 Å². The standard InChI is InChI=1S/C15H19N3O2/c1-11-14-8-16-12(10-20-15(14)18(2)17-11)9-19-13-6-4-3-5-7-13/h3-7,12,16H,8-10H2,1-2H3. The number of hydrogen-bond donors (Lipinski definition) is 1. The van der Waals surface area contributed by atoms with Crippen molar-refractivity contribution in [3.8, 4) is 11.6 Å². The van der Waals surface area contributed by atoms with E-state index in [4.69, 9.17) is 9.47 Å². The van der Waals surface area contributed by atoms with E-state index in [9.17, 15) is 0 Å². The van der Waals surface area contributed by atoms with Crippen molar-refractivity contribution in [3.63, 3.8) is 0 Å². The molecule has 0 aliphatic carbocycles. The fourth-order valence-corrected chi connectivity index (χ4v) is 2.37. The van der Waals surface area contributed by atoms with Gasteiger partial charge in [-0.25, -0.2) is 4.68 Å². The highest BCUT2D eigenvalue weighted by Gasteiger charge is 2.22. The van der Waals surface area contributed by atoms with Crippen LogP contribution in [0.3, 0.4) is 0 Å². The van der Waals surface area contributed by atoms with Crippen LogP contribution >= 0.6 is 0 Å². The summed E-state index contributed by atoms with van der Waals surface area (Å²) in [5.74, 6) is 1.74. The highest BCUT2D eigenvalue weighted by Crippen LogP contribution is 2.23. The predicted octanol–water partition coefficient (Wildman–Crippen LogP) is 1.66. The van der Waals surface area contributed by atoms with E-state index in [1.807, 2.05) is 44.3 Å². The van der Waals surface area contributed by atoms with E-state index in [1.165, 1.54) is 0 Å². The van der Waals surface area contributed by atoms with Gasteiger partial charge in [-0.3, -0.25) is 0 Å². The molecule has 1 N–H and O–H groups in total. The van der Waals surface area contributed by atoms with Gasteiger partial charge in [-0.05, 0) is 19.1 Å². The van der Waals surface area contributed by atoms with E-state index in [1.54, 1.807) is 4.68 Å². The van der Waals surface area contributed by atoms with Gasteiger partial charge in [0.2, 0.25) is 5.88 Å². The molecule has 1 atom stereocenters. The van der Waals surface area contributed by atoms with Crippen molar-refractivity contribution < 1.29 is 9.47 Å². The van der Waals surface area contributed by atoms with Gasteiger partial charge in [0.1, 0.15) is 19.0 Å². The minimum absolute atomic E-state index is 0.169. The maximum atomic E-state index is 5.86. The van der Waals surface area contributed by atoms with Gasteiger partial charge in [-0.15, -0.1) is 0 Å². The minimum Gasteiger partial charge on any atom is -0.492 e. The zero-order chi connectivity index (χ0) is 13.9. The maximum Gasteiger partial charge on any atom is 0.216 e. The zero-order valence-electron chi connectivity index (χ0n) is 11.8. The third-order valence-corrected chi connectivity index (χ3v) is 3.47. The number of fused-ring (bicyclic) bond motifs is 1. The minimum atomic E-state index is 0.169. The molecule has 0 radical (unpaired) electrons. The average molecular weight is 273 g/mol. The van der Waals surface area contributed by atoms with Gasteiger partial charge in [0.05, 0.1) is 17.3 Å². The van der Waals surface area contributed by atoms with E-state index in [0.717, 1.165) is 29.4 Å². The third-order valence-electron chi connectivity index (χ3n) is 3.47. The lowest BCUT2D eigenvalue weighted by Gasteiger charge is -2.16. The van der Waals surface area contributed by atoms with Crippen LogP contribution in [-0.4, -0.2) is 29.0 Å². The molecule has 0 fully saturated rings. The number of ether oxygens (including phenoxy) is 2. The number of rotatable bonds is 3. The van der Waals surface area contributed by atoms with Crippen LogP contribution in [0.4, 0.5) is 0 Å². The number of para-hydroxylation sites is 1. The van der Waals surface area contributed by atoms with Crippen molar-refractivity contribution in [2.24, 2.45) is 7.05 Å². The lowest BCUT2D eigenvalue weighted by Crippen LogP contribution is -2.37. The Labute approximate surface area is 118 Å². The van der Waals surface area contributed by atoms with Crippen LogP contribution in [0.2, 0.25) is 0 Å². The molecule has 1 unspecified atom stereocenters. The predicted molar refractivity (Wildman–Crippen MR) is 76.0 cm³/mol. The Morgan fingerprint density at radius 2 is 2.20 bits per heavy atom. The van der Waals surface area contributed by atoms with Crippen molar-refractivity contribution in [1.82, 2.24) is 15.1 Å². The number of nitrogens with one attached hydrogen (secondary N) is 1. The quantitative estimate of drug-likeness (QED) is 0.924. The summed E-state index contributed by atoms with van der Waals surface area (Å²) < 4.78 is 13.4. The van der Waals surface area contributed by atoms with Gasteiger partial charge in [-0.2, -0.15) is 5.10 Å². The van der Waals surface area contributed by atoms with Gasteiger partial charge in [0.15, 0.2) is 0 Å². The highest BCUT2D eigenvalue weighted by molar-refractivity contribution is 5.31. The molecule has 5 heteroatoms. The summed E-state index contributed by atoms with van der Waals surface area (Å²) >= 11 is 0. The normalized spacial score (nSPS) is 18.0. The van der Waals surface area contributed by atoms with Crippen LogP contribution in [0.5, 0.6) is 11.6 Å². The summed E-state index contributed by atoms with van der Waals surface area (Å²) in [4.78, 5) is 0. The Morgan fingerprint density at radius 1 is 1.40 bits per heavy atom. The van der Waals surface area contributed by atoms with Gasteiger partial charge < -0.3 is 14.8 Å². The average Bonchev–Trinajstić information content (AvgIpc) is 2.65.